The van der Waals surface area contributed by atoms with Crippen LogP contribution in [0.3, 0.4) is 0 Å². The van der Waals surface area contributed by atoms with Gasteiger partial charge in [-0.05, 0) is 85.5 Å². The molecule has 0 radical (unpaired) electrons. The monoisotopic (exact) mass is 620 g/mol. The van der Waals surface area contributed by atoms with Crippen LogP contribution >= 0.6 is 0 Å². The van der Waals surface area contributed by atoms with Gasteiger partial charge in [-0.3, -0.25) is 9.10 Å². The van der Waals surface area contributed by atoms with Crippen LogP contribution in [0.5, 0.6) is 0 Å². The number of carbonyl (C=O) groups excluding carboxylic acids is 1. The summed E-state index contributed by atoms with van der Waals surface area (Å²) in [7, 11) is -3.11. The minimum absolute atomic E-state index is 0.0235. The van der Waals surface area contributed by atoms with E-state index in [2.05, 4.69) is 5.32 Å². The first-order valence-corrected chi connectivity index (χ1v) is 16.6. The number of nitrogens with one attached hydrogen (secondary N) is 1. The number of furan rings is 1. The topological polar surface area (TPSA) is 98.1 Å². The van der Waals surface area contributed by atoms with E-state index in [0.717, 1.165) is 43.9 Å². The van der Waals surface area contributed by atoms with Gasteiger partial charge in [-0.1, -0.05) is 12.1 Å². The van der Waals surface area contributed by atoms with Crippen molar-refractivity contribution in [3.8, 4) is 11.3 Å². The molecule has 3 fully saturated rings. The highest BCUT2D eigenvalue weighted by atomic mass is 32.2. The summed E-state index contributed by atoms with van der Waals surface area (Å²) >= 11 is 0. The maximum absolute atomic E-state index is 15.4. The molecule has 3 aliphatic rings. The summed E-state index contributed by atoms with van der Waals surface area (Å²) in [6.07, 6.45) is 5.60. The van der Waals surface area contributed by atoms with Crippen LogP contribution in [0, 0.1) is 11.6 Å². The van der Waals surface area contributed by atoms with Gasteiger partial charge in [-0.15, -0.1) is 0 Å². The number of anilines is 1. The average Bonchev–Trinajstić information content (AvgIpc) is 3.44. The predicted octanol–water partition coefficient (Wildman–Crippen LogP) is 5.24. The molecule has 8 nitrogen and oxygen atoms in total. The first kappa shape index (κ1) is 29.0. The Morgan fingerprint density at radius 3 is 2.32 bits per heavy atom. The van der Waals surface area contributed by atoms with Gasteiger partial charge in [0, 0.05) is 29.5 Å². The highest BCUT2D eigenvalue weighted by Crippen LogP contribution is 2.48. The summed E-state index contributed by atoms with van der Waals surface area (Å²) in [5.41, 5.74) is 3.00. The molecule has 2 unspecified atom stereocenters. The lowest BCUT2D eigenvalue weighted by Gasteiger charge is -2.25. The third kappa shape index (κ3) is 5.29. The zero-order valence-electron chi connectivity index (χ0n) is 24.3. The van der Waals surface area contributed by atoms with Crippen LogP contribution in [-0.4, -0.2) is 47.0 Å². The molecule has 1 aromatic heterocycles. The van der Waals surface area contributed by atoms with Crippen molar-refractivity contribution in [1.29, 1.82) is 0 Å². The minimum Gasteiger partial charge on any atom is -0.455 e. The number of hydrogen-bond acceptors (Lipinski definition) is 6. The maximum Gasteiger partial charge on any atom is 0.497 e. The van der Waals surface area contributed by atoms with Gasteiger partial charge in [0.05, 0.1) is 36.3 Å². The van der Waals surface area contributed by atoms with Gasteiger partial charge in [0.1, 0.15) is 23.0 Å². The number of nitrogens with zero attached hydrogens (tertiary/aromatic N) is 1. The van der Waals surface area contributed by atoms with Gasteiger partial charge in [-0.2, -0.15) is 0 Å². The van der Waals surface area contributed by atoms with Crippen molar-refractivity contribution < 1.29 is 35.7 Å². The average molecular weight is 620 g/mol. The fourth-order valence-corrected chi connectivity index (χ4v) is 7.25. The number of amides is 1. The SMILES string of the molecule is CNC(=O)c1c(-c2ccc(F)cc2)oc2cc(N(Cc3ccc(B4OC5CCCC5O4)c(F)c3)S(C)(=O)=O)c(C3CC3)cc12. The Labute approximate surface area is 254 Å². The molecule has 0 spiro atoms. The summed E-state index contributed by atoms with van der Waals surface area (Å²) in [6, 6.07) is 13.7. The van der Waals surface area contributed by atoms with Crippen LogP contribution < -0.4 is 15.1 Å². The third-order valence-corrected chi connectivity index (χ3v) is 9.84. The molecule has 2 heterocycles. The fraction of sp³-hybridized carbons (Fsp3) is 0.344. The van der Waals surface area contributed by atoms with Crippen molar-refractivity contribution in [2.24, 2.45) is 0 Å². The standard InChI is InChI=1S/C32H31BF2N2O6S/c1-36-32(38)30-23-15-22(19-7-8-19)26(16-29(23)41-31(30)20-9-11-21(34)12-10-20)37(44(2,39)40)17-18-6-13-24(25(35)14-18)33-42-27-4-3-5-28(27)43-33/h6,9-16,19,27-28H,3-5,7-8,17H2,1-2H3,(H,36,38). The normalized spacial score (nSPS) is 19.9. The molecule has 44 heavy (non-hydrogen) atoms. The summed E-state index contributed by atoms with van der Waals surface area (Å²) in [5.74, 6) is -0.988. The molecule has 228 valence electrons. The quantitative estimate of drug-likeness (QED) is 0.271. The van der Waals surface area contributed by atoms with E-state index in [4.69, 9.17) is 13.7 Å². The molecule has 1 saturated heterocycles. The first-order valence-electron chi connectivity index (χ1n) is 14.8. The molecule has 12 heteroatoms. The Hall–Kier alpha value is -3.74. The van der Waals surface area contributed by atoms with Gasteiger partial charge in [0.25, 0.3) is 5.91 Å². The van der Waals surface area contributed by atoms with E-state index in [1.165, 1.54) is 41.7 Å². The Kier molecular flexibility index (Phi) is 7.26. The Balaban J connectivity index is 1.29. The van der Waals surface area contributed by atoms with E-state index in [9.17, 15) is 17.6 Å². The van der Waals surface area contributed by atoms with Crippen molar-refractivity contribution in [1.82, 2.24) is 5.32 Å². The van der Waals surface area contributed by atoms with Gasteiger partial charge in [0.15, 0.2) is 0 Å². The number of carbonyl (C=O) groups is 1. The van der Waals surface area contributed by atoms with Crippen LogP contribution in [0.1, 0.15) is 59.5 Å². The van der Waals surface area contributed by atoms with Crippen LogP contribution in [0.15, 0.2) is 59.0 Å². The molecule has 4 aromatic rings. The lowest BCUT2D eigenvalue weighted by molar-refractivity contribution is 0.0964. The number of hydrogen-bond donors (Lipinski definition) is 1. The van der Waals surface area contributed by atoms with Crippen molar-refractivity contribution >= 4 is 45.2 Å². The van der Waals surface area contributed by atoms with Crippen molar-refractivity contribution in [2.75, 3.05) is 17.6 Å². The van der Waals surface area contributed by atoms with Crippen molar-refractivity contribution in [3.63, 3.8) is 0 Å². The lowest BCUT2D eigenvalue weighted by atomic mass is 9.78. The second-order valence-electron chi connectivity index (χ2n) is 11.8. The van der Waals surface area contributed by atoms with E-state index >= 15 is 4.39 Å². The molecule has 7 rings (SSSR count). The first-order chi connectivity index (χ1) is 21.1. The second kappa shape index (κ2) is 11.0. The zero-order chi connectivity index (χ0) is 30.7. The molecule has 2 atom stereocenters. The van der Waals surface area contributed by atoms with Gasteiger partial charge in [-0.25, -0.2) is 17.2 Å². The number of rotatable bonds is 8. The summed E-state index contributed by atoms with van der Waals surface area (Å²) < 4.78 is 74.9. The molecule has 1 N–H and O–H groups in total. The lowest BCUT2D eigenvalue weighted by Crippen LogP contribution is -2.36. The van der Waals surface area contributed by atoms with Gasteiger partial charge < -0.3 is 19.0 Å². The van der Waals surface area contributed by atoms with Crippen LogP contribution in [-0.2, 0) is 25.9 Å². The van der Waals surface area contributed by atoms with E-state index < -0.39 is 28.8 Å². The van der Waals surface area contributed by atoms with Crippen LogP contribution in [0.2, 0.25) is 0 Å². The van der Waals surface area contributed by atoms with Gasteiger partial charge in [0.2, 0.25) is 10.0 Å². The minimum atomic E-state index is -3.84. The number of halogens is 2. The second-order valence-corrected chi connectivity index (χ2v) is 13.7. The van der Waals surface area contributed by atoms with Crippen LogP contribution in [0.25, 0.3) is 22.3 Å². The highest BCUT2D eigenvalue weighted by Gasteiger charge is 2.44. The van der Waals surface area contributed by atoms with E-state index in [1.807, 2.05) is 6.07 Å². The van der Waals surface area contributed by atoms with E-state index in [0.29, 0.717) is 33.2 Å². The Morgan fingerprint density at radius 1 is 1.00 bits per heavy atom. The summed E-state index contributed by atoms with van der Waals surface area (Å²) in [6.45, 7) is -0.118. The molecule has 0 bridgehead atoms. The molecular weight excluding hydrogens is 589 g/mol. The van der Waals surface area contributed by atoms with Crippen molar-refractivity contribution in [3.05, 3.63) is 82.9 Å². The third-order valence-electron chi connectivity index (χ3n) is 8.72. The molecule has 2 aliphatic carbocycles. The van der Waals surface area contributed by atoms with Gasteiger partial charge >= 0.3 is 7.12 Å². The molecule has 1 aliphatic heterocycles. The predicted molar refractivity (Wildman–Crippen MR) is 163 cm³/mol. The fourth-order valence-electron chi connectivity index (χ4n) is 6.35. The zero-order valence-corrected chi connectivity index (χ0v) is 25.1. The highest BCUT2D eigenvalue weighted by molar-refractivity contribution is 7.92. The largest absolute Gasteiger partial charge is 0.497 e. The summed E-state index contributed by atoms with van der Waals surface area (Å²) in [5, 5.41) is 3.18. The molecule has 3 aromatic carbocycles. The van der Waals surface area contributed by atoms with E-state index in [1.54, 1.807) is 18.2 Å². The molecule has 1 amide bonds. The van der Waals surface area contributed by atoms with Crippen LogP contribution in [0.4, 0.5) is 14.5 Å². The summed E-state index contributed by atoms with van der Waals surface area (Å²) in [4.78, 5) is 13.1. The number of fused-ring (bicyclic) bond motifs is 2. The molecular formula is C32H31BF2N2O6S. The maximum atomic E-state index is 15.4. The van der Waals surface area contributed by atoms with E-state index in [-0.39, 0.29) is 41.9 Å². The Morgan fingerprint density at radius 2 is 1.70 bits per heavy atom. The number of sulfonamides is 1. The smallest absolute Gasteiger partial charge is 0.455 e. The molecule has 2 saturated carbocycles. The van der Waals surface area contributed by atoms with Crippen molar-refractivity contribution in [2.45, 2.75) is 56.8 Å². The Bertz CT molecular complexity index is 1860. The number of benzene rings is 3.